The van der Waals surface area contributed by atoms with Gasteiger partial charge in [0.15, 0.2) is 5.82 Å². The number of anilines is 2. The van der Waals surface area contributed by atoms with Crippen LogP contribution in [0, 0.1) is 0 Å². The number of benzene rings is 2. The number of rotatable bonds is 5. The van der Waals surface area contributed by atoms with E-state index in [0.717, 1.165) is 11.1 Å². The van der Waals surface area contributed by atoms with E-state index >= 15 is 0 Å². The molecule has 0 aliphatic heterocycles. The van der Waals surface area contributed by atoms with Gasteiger partial charge in [-0.05, 0) is 54.5 Å². The predicted octanol–water partition coefficient (Wildman–Crippen LogP) is 3.25. The lowest BCUT2D eigenvalue weighted by molar-refractivity contribution is -0.122. The number of carboxylic acid groups (broad SMARTS) is 1. The molecule has 1 aliphatic carbocycles. The molecule has 0 spiro atoms. The number of hydrogen-bond donors (Lipinski definition) is 4. The number of nitrogens with zero attached hydrogens (tertiary/aromatic N) is 1. The van der Waals surface area contributed by atoms with Crippen molar-refractivity contribution in [2.24, 2.45) is 0 Å². The van der Waals surface area contributed by atoms with E-state index in [1.807, 2.05) is 25.1 Å². The SMILES string of the molecule is CCOc1cc(-c2cccc(C3CC3)c2)ccc1-c1nc(N)c(N)c(=O)[nH]1.O=CO. The van der Waals surface area contributed by atoms with Crippen molar-refractivity contribution in [1.82, 2.24) is 9.97 Å². The monoisotopic (exact) mass is 408 g/mol. The van der Waals surface area contributed by atoms with E-state index in [9.17, 15) is 4.79 Å². The van der Waals surface area contributed by atoms with Crippen LogP contribution < -0.4 is 21.8 Å². The maximum atomic E-state index is 12.0. The highest BCUT2D eigenvalue weighted by Gasteiger charge is 2.23. The molecule has 8 heteroatoms. The van der Waals surface area contributed by atoms with Crippen LogP contribution in [-0.4, -0.2) is 28.2 Å². The van der Waals surface area contributed by atoms with Crippen LogP contribution in [0.3, 0.4) is 0 Å². The van der Waals surface area contributed by atoms with Gasteiger partial charge in [0.25, 0.3) is 12.0 Å². The van der Waals surface area contributed by atoms with Gasteiger partial charge in [-0.15, -0.1) is 0 Å². The van der Waals surface area contributed by atoms with E-state index in [1.165, 1.54) is 18.4 Å². The first-order valence-electron chi connectivity index (χ1n) is 9.59. The maximum absolute atomic E-state index is 12.0. The molecule has 8 nitrogen and oxygen atoms in total. The Hall–Kier alpha value is -3.81. The summed E-state index contributed by atoms with van der Waals surface area (Å²) in [4.78, 5) is 27.2. The van der Waals surface area contributed by atoms with Gasteiger partial charge in [0.2, 0.25) is 0 Å². The van der Waals surface area contributed by atoms with Crippen LogP contribution in [0.1, 0.15) is 31.2 Å². The molecule has 156 valence electrons. The van der Waals surface area contributed by atoms with Gasteiger partial charge in [-0.25, -0.2) is 4.98 Å². The second-order valence-corrected chi connectivity index (χ2v) is 6.86. The number of hydrogen-bond acceptors (Lipinski definition) is 6. The van der Waals surface area contributed by atoms with E-state index in [4.69, 9.17) is 26.1 Å². The lowest BCUT2D eigenvalue weighted by Crippen LogP contribution is -2.17. The Kier molecular flexibility index (Phi) is 6.36. The molecule has 4 rings (SSSR count). The number of nitrogens with one attached hydrogen (secondary N) is 1. The van der Waals surface area contributed by atoms with Gasteiger partial charge in [0.1, 0.15) is 17.3 Å². The normalized spacial score (nSPS) is 12.6. The molecule has 1 aliphatic rings. The molecular formula is C22H24N4O4. The molecule has 1 saturated carbocycles. The Bertz CT molecular complexity index is 1110. The van der Waals surface area contributed by atoms with Gasteiger partial charge in [0, 0.05) is 0 Å². The van der Waals surface area contributed by atoms with Crippen molar-refractivity contribution in [1.29, 1.82) is 0 Å². The molecule has 0 unspecified atom stereocenters. The highest BCUT2D eigenvalue weighted by molar-refractivity contribution is 5.75. The highest BCUT2D eigenvalue weighted by atomic mass is 16.5. The molecule has 1 fully saturated rings. The van der Waals surface area contributed by atoms with Crippen LogP contribution in [0.25, 0.3) is 22.5 Å². The van der Waals surface area contributed by atoms with Gasteiger partial charge < -0.3 is 26.3 Å². The Balaban J connectivity index is 0.000000806. The summed E-state index contributed by atoms with van der Waals surface area (Å²) in [5.74, 6) is 1.69. The van der Waals surface area contributed by atoms with E-state index < -0.39 is 5.56 Å². The van der Waals surface area contributed by atoms with Gasteiger partial charge in [-0.3, -0.25) is 9.59 Å². The first-order chi connectivity index (χ1) is 14.5. The average molecular weight is 408 g/mol. The summed E-state index contributed by atoms with van der Waals surface area (Å²) in [6.45, 7) is 2.16. The minimum atomic E-state index is -0.457. The molecule has 0 saturated heterocycles. The van der Waals surface area contributed by atoms with Crippen LogP contribution in [0.2, 0.25) is 0 Å². The summed E-state index contributed by atoms with van der Waals surface area (Å²) in [6, 6.07) is 14.5. The lowest BCUT2D eigenvalue weighted by Gasteiger charge is -2.13. The number of H-pyrrole nitrogens is 1. The summed E-state index contributed by atoms with van der Waals surface area (Å²) in [6.07, 6.45) is 2.54. The molecule has 0 amide bonds. The molecule has 1 aromatic heterocycles. The summed E-state index contributed by atoms with van der Waals surface area (Å²) >= 11 is 0. The summed E-state index contributed by atoms with van der Waals surface area (Å²) in [7, 11) is 0. The van der Waals surface area contributed by atoms with Crippen LogP contribution in [-0.2, 0) is 4.79 Å². The van der Waals surface area contributed by atoms with Gasteiger partial charge in [-0.1, -0.05) is 30.3 Å². The van der Waals surface area contributed by atoms with E-state index in [0.29, 0.717) is 29.7 Å². The van der Waals surface area contributed by atoms with Crippen molar-refractivity contribution in [3.8, 4) is 28.3 Å². The fourth-order valence-corrected chi connectivity index (χ4v) is 3.19. The zero-order valence-electron chi connectivity index (χ0n) is 16.6. The Morgan fingerprint density at radius 3 is 2.53 bits per heavy atom. The smallest absolute Gasteiger partial charge is 0.290 e. The molecule has 30 heavy (non-hydrogen) atoms. The fraction of sp³-hybridized carbons (Fsp3) is 0.227. The summed E-state index contributed by atoms with van der Waals surface area (Å²) in [5, 5.41) is 6.89. The molecule has 0 bridgehead atoms. The van der Waals surface area contributed by atoms with Gasteiger partial charge >= 0.3 is 0 Å². The quantitative estimate of drug-likeness (QED) is 0.474. The molecule has 2 aromatic carbocycles. The molecule has 0 radical (unpaired) electrons. The fourth-order valence-electron chi connectivity index (χ4n) is 3.19. The number of nitrogens with two attached hydrogens (primary N) is 2. The Morgan fingerprint density at radius 1 is 1.20 bits per heavy atom. The van der Waals surface area contributed by atoms with Crippen molar-refractivity contribution < 1.29 is 14.6 Å². The van der Waals surface area contributed by atoms with Crippen LogP contribution in [0.15, 0.2) is 47.3 Å². The predicted molar refractivity (Wildman–Crippen MR) is 116 cm³/mol. The van der Waals surface area contributed by atoms with Crippen molar-refractivity contribution in [3.05, 3.63) is 58.4 Å². The van der Waals surface area contributed by atoms with E-state index in [-0.39, 0.29) is 18.0 Å². The first kappa shape index (κ1) is 20.9. The minimum absolute atomic E-state index is 0.0115. The molecule has 3 aromatic rings. The van der Waals surface area contributed by atoms with Gasteiger partial charge in [0.05, 0.1) is 12.2 Å². The third-order valence-corrected chi connectivity index (χ3v) is 4.79. The topological polar surface area (TPSA) is 144 Å². The maximum Gasteiger partial charge on any atom is 0.290 e. The van der Waals surface area contributed by atoms with Gasteiger partial charge in [-0.2, -0.15) is 0 Å². The third kappa shape index (κ3) is 4.60. The second-order valence-electron chi connectivity index (χ2n) is 6.86. The number of nitrogen functional groups attached to an aromatic ring is 2. The minimum Gasteiger partial charge on any atom is -0.493 e. The standard InChI is InChI=1S/C21H22N4O2.CH2O2/c1-2-27-17-11-15(14-5-3-4-13(10-14)12-6-7-12)8-9-16(17)20-24-19(23)18(22)21(26)25-20;2-1-3/h3-5,8-12H,2,6-7,22H2,1H3,(H3,23,24,25,26);1H,(H,2,3). The van der Waals surface area contributed by atoms with Crippen LogP contribution in [0.4, 0.5) is 11.5 Å². The third-order valence-electron chi connectivity index (χ3n) is 4.79. The lowest BCUT2D eigenvalue weighted by atomic mass is 9.99. The molecular weight excluding hydrogens is 384 g/mol. The number of aromatic amines is 1. The Labute approximate surface area is 173 Å². The second kappa shape index (κ2) is 9.13. The van der Waals surface area contributed by atoms with E-state index in [2.05, 4.69) is 34.2 Å². The van der Waals surface area contributed by atoms with E-state index in [1.54, 1.807) is 0 Å². The zero-order valence-corrected chi connectivity index (χ0v) is 16.6. The van der Waals surface area contributed by atoms with Crippen molar-refractivity contribution in [2.45, 2.75) is 25.7 Å². The summed E-state index contributed by atoms with van der Waals surface area (Å²) < 4.78 is 5.82. The summed E-state index contributed by atoms with van der Waals surface area (Å²) in [5.41, 5.74) is 15.1. The molecule has 1 heterocycles. The van der Waals surface area contributed by atoms with Crippen molar-refractivity contribution >= 4 is 18.0 Å². The Morgan fingerprint density at radius 2 is 1.90 bits per heavy atom. The van der Waals surface area contributed by atoms with Crippen LogP contribution in [0.5, 0.6) is 5.75 Å². The zero-order chi connectivity index (χ0) is 21.7. The first-order valence-corrected chi connectivity index (χ1v) is 9.59. The van der Waals surface area contributed by atoms with Crippen LogP contribution >= 0.6 is 0 Å². The number of carbonyl (C=O) groups is 1. The molecule has 6 N–H and O–H groups in total. The average Bonchev–Trinajstić information content (AvgIpc) is 3.58. The van der Waals surface area contributed by atoms with Crippen molar-refractivity contribution in [2.75, 3.05) is 18.1 Å². The number of aromatic nitrogens is 2. The number of ether oxygens (including phenoxy) is 1. The highest BCUT2D eigenvalue weighted by Crippen LogP contribution is 2.41. The largest absolute Gasteiger partial charge is 0.493 e. The molecule has 0 atom stereocenters. The van der Waals surface area contributed by atoms with Crippen molar-refractivity contribution in [3.63, 3.8) is 0 Å².